The van der Waals surface area contributed by atoms with Gasteiger partial charge in [-0.3, -0.25) is 4.90 Å². The van der Waals surface area contributed by atoms with Crippen molar-refractivity contribution < 1.29 is 4.74 Å². The van der Waals surface area contributed by atoms with Gasteiger partial charge in [0.25, 0.3) is 0 Å². The van der Waals surface area contributed by atoms with Crippen LogP contribution in [0.1, 0.15) is 37.0 Å². The molecule has 0 saturated carbocycles. The van der Waals surface area contributed by atoms with Crippen molar-refractivity contribution in [2.75, 3.05) is 13.1 Å². The summed E-state index contributed by atoms with van der Waals surface area (Å²) in [5.41, 5.74) is 5.41. The number of para-hydroxylation sites is 1. The maximum atomic E-state index is 6.25. The van der Waals surface area contributed by atoms with Gasteiger partial charge in [0.1, 0.15) is 11.4 Å². The second-order valence-corrected chi connectivity index (χ2v) is 7.53. The summed E-state index contributed by atoms with van der Waals surface area (Å²) in [6.07, 6.45) is 4.48. The van der Waals surface area contributed by atoms with E-state index in [1.807, 2.05) is 0 Å². The first-order valence-electron chi connectivity index (χ1n) is 8.87. The fraction of sp³-hybridized carbons (Fsp3) is 0.364. The van der Waals surface area contributed by atoms with E-state index >= 15 is 0 Å². The van der Waals surface area contributed by atoms with Crippen LogP contribution in [-0.4, -0.2) is 23.6 Å². The molecule has 0 bridgehead atoms. The molecule has 124 valence electrons. The van der Waals surface area contributed by atoms with Crippen LogP contribution in [0.5, 0.6) is 5.75 Å². The van der Waals surface area contributed by atoms with Crippen LogP contribution in [0.2, 0.25) is 0 Å². The molecule has 0 atom stereocenters. The molecule has 2 aliphatic heterocycles. The van der Waals surface area contributed by atoms with Crippen molar-refractivity contribution >= 4 is 5.57 Å². The van der Waals surface area contributed by atoms with Crippen molar-refractivity contribution in [1.82, 2.24) is 4.90 Å². The maximum Gasteiger partial charge on any atom is 0.130 e. The molecule has 0 radical (unpaired) electrons. The number of benzene rings is 2. The third kappa shape index (κ3) is 3.11. The summed E-state index contributed by atoms with van der Waals surface area (Å²) < 4.78 is 6.25. The molecule has 2 aliphatic rings. The quantitative estimate of drug-likeness (QED) is 0.814. The highest BCUT2D eigenvalue weighted by molar-refractivity contribution is 5.73. The van der Waals surface area contributed by atoms with Gasteiger partial charge >= 0.3 is 0 Å². The standard InChI is InChI=1S/C22H25NO/c1-22(2)15-19-9-6-10-20(21(19)24-22)18-11-13-23(14-12-18)16-17-7-4-3-5-8-17/h3-11H,12-16H2,1-2H3. The van der Waals surface area contributed by atoms with E-state index in [9.17, 15) is 0 Å². The average Bonchev–Trinajstić information content (AvgIpc) is 2.90. The van der Waals surface area contributed by atoms with Crippen LogP contribution >= 0.6 is 0 Å². The summed E-state index contributed by atoms with van der Waals surface area (Å²) in [6, 6.07) is 17.3. The Labute approximate surface area is 144 Å². The van der Waals surface area contributed by atoms with Crippen molar-refractivity contribution in [1.29, 1.82) is 0 Å². The minimum atomic E-state index is -0.0764. The molecule has 4 rings (SSSR count). The molecular formula is C22H25NO. The highest BCUT2D eigenvalue weighted by atomic mass is 16.5. The van der Waals surface area contributed by atoms with E-state index in [0.29, 0.717) is 0 Å². The molecule has 0 N–H and O–H groups in total. The van der Waals surface area contributed by atoms with Crippen LogP contribution in [0.25, 0.3) is 5.57 Å². The van der Waals surface area contributed by atoms with Crippen molar-refractivity contribution in [3.05, 3.63) is 71.3 Å². The number of fused-ring (bicyclic) bond motifs is 1. The van der Waals surface area contributed by atoms with Gasteiger partial charge in [-0.25, -0.2) is 0 Å². The van der Waals surface area contributed by atoms with Gasteiger partial charge in [0, 0.05) is 31.6 Å². The molecule has 24 heavy (non-hydrogen) atoms. The van der Waals surface area contributed by atoms with Crippen LogP contribution in [0.15, 0.2) is 54.6 Å². The van der Waals surface area contributed by atoms with Crippen LogP contribution in [0, 0.1) is 0 Å². The molecule has 0 fully saturated rings. The molecule has 2 heterocycles. The molecule has 2 heteroatoms. The third-order valence-electron chi connectivity index (χ3n) is 4.98. The van der Waals surface area contributed by atoms with E-state index in [2.05, 4.69) is 73.4 Å². The molecule has 2 aromatic rings. The van der Waals surface area contributed by atoms with Crippen molar-refractivity contribution in [3.63, 3.8) is 0 Å². The topological polar surface area (TPSA) is 12.5 Å². The summed E-state index contributed by atoms with van der Waals surface area (Å²) >= 11 is 0. The van der Waals surface area contributed by atoms with Gasteiger partial charge in [-0.2, -0.15) is 0 Å². The highest BCUT2D eigenvalue weighted by Gasteiger charge is 2.32. The first kappa shape index (κ1) is 15.5. The Kier molecular flexibility index (Phi) is 3.93. The first-order valence-corrected chi connectivity index (χ1v) is 8.87. The van der Waals surface area contributed by atoms with Crippen LogP contribution in [-0.2, 0) is 13.0 Å². The summed E-state index contributed by atoms with van der Waals surface area (Å²) in [5, 5.41) is 0. The van der Waals surface area contributed by atoms with Gasteiger partial charge in [0.15, 0.2) is 0 Å². The Hall–Kier alpha value is -2.06. The van der Waals surface area contributed by atoms with Gasteiger partial charge < -0.3 is 4.74 Å². The van der Waals surface area contributed by atoms with Crippen LogP contribution in [0.3, 0.4) is 0 Å². The molecule has 0 spiro atoms. The van der Waals surface area contributed by atoms with Gasteiger partial charge in [-0.1, -0.05) is 54.6 Å². The Morgan fingerprint density at radius 1 is 1.04 bits per heavy atom. The number of hydrogen-bond acceptors (Lipinski definition) is 2. The van der Waals surface area contributed by atoms with E-state index in [-0.39, 0.29) is 5.60 Å². The number of hydrogen-bond donors (Lipinski definition) is 0. The van der Waals surface area contributed by atoms with Gasteiger partial charge in [0.05, 0.1) is 0 Å². The highest BCUT2D eigenvalue weighted by Crippen LogP contribution is 2.41. The van der Waals surface area contributed by atoms with Crippen LogP contribution in [0.4, 0.5) is 0 Å². The number of ether oxygens (including phenoxy) is 1. The van der Waals surface area contributed by atoms with E-state index in [4.69, 9.17) is 4.74 Å². The van der Waals surface area contributed by atoms with E-state index in [0.717, 1.165) is 38.2 Å². The number of nitrogens with zero attached hydrogens (tertiary/aromatic N) is 1. The molecule has 2 aromatic carbocycles. The molecule has 0 aromatic heterocycles. The Morgan fingerprint density at radius 3 is 2.62 bits per heavy atom. The summed E-state index contributed by atoms with van der Waals surface area (Å²) in [6.45, 7) is 7.49. The maximum absolute atomic E-state index is 6.25. The van der Waals surface area contributed by atoms with Gasteiger partial charge in [-0.05, 0) is 37.0 Å². The second-order valence-electron chi connectivity index (χ2n) is 7.53. The smallest absolute Gasteiger partial charge is 0.130 e. The lowest BCUT2D eigenvalue weighted by Gasteiger charge is -2.27. The van der Waals surface area contributed by atoms with E-state index in [1.54, 1.807) is 0 Å². The predicted octanol–water partition coefficient (Wildman–Crippen LogP) is 4.69. The Balaban J connectivity index is 1.51. The summed E-state index contributed by atoms with van der Waals surface area (Å²) in [5.74, 6) is 1.12. The average molecular weight is 319 g/mol. The normalized spacial score (nSPS) is 19.5. The Bertz CT molecular complexity index is 761. The molecule has 2 nitrogen and oxygen atoms in total. The van der Waals surface area contributed by atoms with E-state index < -0.39 is 0 Å². The fourth-order valence-corrected chi connectivity index (χ4v) is 3.81. The molecule has 0 aliphatic carbocycles. The molecule has 0 amide bonds. The zero-order chi connectivity index (χ0) is 16.6. The van der Waals surface area contributed by atoms with E-state index in [1.165, 1.54) is 22.3 Å². The summed E-state index contributed by atoms with van der Waals surface area (Å²) in [7, 11) is 0. The summed E-state index contributed by atoms with van der Waals surface area (Å²) in [4.78, 5) is 2.51. The van der Waals surface area contributed by atoms with Gasteiger partial charge in [0.2, 0.25) is 0 Å². The SMILES string of the molecule is CC1(C)Cc2cccc(C3=CCN(Cc4ccccc4)CC3)c2O1. The fourth-order valence-electron chi connectivity index (χ4n) is 3.81. The van der Waals surface area contributed by atoms with Gasteiger partial charge in [-0.15, -0.1) is 0 Å². The molecule has 0 unspecified atom stereocenters. The first-order chi connectivity index (χ1) is 11.6. The predicted molar refractivity (Wildman–Crippen MR) is 99.2 cm³/mol. The zero-order valence-corrected chi connectivity index (χ0v) is 14.6. The van der Waals surface area contributed by atoms with Crippen molar-refractivity contribution in [3.8, 4) is 5.75 Å². The lowest BCUT2D eigenvalue weighted by atomic mass is 9.95. The minimum Gasteiger partial charge on any atom is -0.487 e. The lowest BCUT2D eigenvalue weighted by molar-refractivity contribution is 0.138. The Morgan fingerprint density at radius 2 is 1.88 bits per heavy atom. The monoisotopic (exact) mass is 319 g/mol. The third-order valence-corrected chi connectivity index (χ3v) is 4.98. The second kappa shape index (κ2) is 6.10. The minimum absolute atomic E-state index is 0.0764. The van der Waals surface area contributed by atoms with Crippen LogP contribution < -0.4 is 4.74 Å². The molecular weight excluding hydrogens is 294 g/mol. The number of rotatable bonds is 3. The lowest BCUT2D eigenvalue weighted by Crippen LogP contribution is -2.28. The molecule has 0 saturated heterocycles. The zero-order valence-electron chi connectivity index (χ0n) is 14.6. The largest absolute Gasteiger partial charge is 0.487 e. The van der Waals surface area contributed by atoms with Crippen molar-refractivity contribution in [2.45, 2.75) is 38.8 Å². The van der Waals surface area contributed by atoms with Crippen molar-refractivity contribution in [2.24, 2.45) is 0 Å².